The third-order valence-electron chi connectivity index (χ3n) is 4.07. The van der Waals surface area contributed by atoms with Gasteiger partial charge in [0.05, 0.1) is 6.21 Å². The second-order valence-electron chi connectivity index (χ2n) is 6.48. The number of hydrogen-bond donors (Lipinski definition) is 2. The maximum absolute atomic E-state index is 12.0. The molecule has 31 heavy (non-hydrogen) atoms. The molecule has 8 heteroatoms. The Balaban J connectivity index is 1.50. The van der Waals surface area contributed by atoms with Crippen LogP contribution in [0.3, 0.4) is 0 Å². The van der Waals surface area contributed by atoms with Gasteiger partial charge in [-0.15, -0.1) is 0 Å². The summed E-state index contributed by atoms with van der Waals surface area (Å²) >= 11 is 9.21. The molecule has 0 fully saturated rings. The molecule has 0 unspecified atom stereocenters. The van der Waals surface area contributed by atoms with E-state index in [-0.39, 0.29) is 6.42 Å². The van der Waals surface area contributed by atoms with Crippen LogP contribution in [0.15, 0.2) is 82.4 Å². The number of para-hydroxylation sites is 1. The fourth-order valence-corrected chi connectivity index (χ4v) is 2.95. The summed E-state index contributed by atoms with van der Waals surface area (Å²) < 4.78 is 6.87. The molecule has 0 atom stereocenters. The molecule has 0 aliphatic heterocycles. The van der Waals surface area contributed by atoms with Crippen LogP contribution in [-0.4, -0.2) is 18.0 Å². The Bertz CT molecular complexity index is 1070. The van der Waals surface area contributed by atoms with Gasteiger partial charge in [-0.25, -0.2) is 5.43 Å². The molecule has 0 aliphatic carbocycles. The van der Waals surface area contributed by atoms with Crippen molar-refractivity contribution in [3.05, 3.63) is 93.4 Å². The first-order valence-corrected chi connectivity index (χ1v) is 10.5. The van der Waals surface area contributed by atoms with Crippen molar-refractivity contribution in [2.24, 2.45) is 5.10 Å². The first-order valence-electron chi connectivity index (χ1n) is 9.33. The summed E-state index contributed by atoms with van der Waals surface area (Å²) in [5.41, 5.74) is 4.63. The molecule has 158 valence electrons. The Hall–Kier alpha value is -3.16. The number of nitrogens with zero attached hydrogens (tertiary/aromatic N) is 1. The lowest BCUT2D eigenvalue weighted by atomic mass is 10.2. The quantitative estimate of drug-likeness (QED) is 0.255. The molecular formula is C23H19BrClN3O3. The molecule has 0 aliphatic rings. The summed E-state index contributed by atoms with van der Waals surface area (Å²) in [6, 6.07) is 21.8. The van der Waals surface area contributed by atoms with E-state index in [0.717, 1.165) is 10.0 Å². The number of nitrogens with one attached hydrogen (secondary N) is 2. The van der Waals surface area contributed by atoms with Crippen molar-refractivity contribution in [2.45, 2.75) is 13.0 Å². The lowest BCUT2D eigenvalue weighted by Crippen LogP contribution is -2.24. The number of benzene rings is 3. The van der Waals surface area contributed by atoms with E-state index in [0.29, 0.717) is 28.6 Å². The number of hydrazone groups is 1. The van der Waals surface area contributed by atoms with Gasteiger partial charge >= 0.3 is 0 Å². The average Bonchev–Trinajstić information content (AvgIpc) is 2.76. The summed E-state index contributed by atoms with van der Waals surface area (Å²) in [6.45, 7) is 0.398. The van der Waals surface area contributed by atoms with Gasteiger partial charge in [0.25, 0.3) is 0 Å². The highest BCUT2D eigenvalue weighted by Crippen LogP contribution is 2.18. The normalized spacial score (nSPS) is 10.6. The van der Waals surface area contributed by atoms with Crippen LogP contribution in [0.2, 0.25) is 5.02 Å². The van der Waals surface area contributed by atoms with E-state index in [9.17, 15) is 9.59 Å². The number of rotatable bonds is 8. The first-order chi connectivity index (χ1) is 15.0. The van der Waals surface area contributed by atoms with Gasteiger partial charge in [-0.3, -0.25) is 9.59 Å². The average molecular weight is 501 g/mol. The monoisotopic (exact) mass is 499 g/mol. The zero-order valence-electron chi connectivity index (χ0n) is 16.3. The number of amides is 2. The van der Waals surface area contributed by atoms with Crippen LogP contribution in [0.25, 0.3) is 0 Å². The van der Waals surface area contributed by atoms with Gasteiger partial charge in [-0.05, 0) is 54.1 Å². The molecule has 0 aromatic heterocycles. The minimum Gasteiger partial charge on any atom is -0.488 e. The van der Waals surface area contributed by atoms with Crippen molar-refractivity contribution in [3.8, 4) is 5.75 Å². The zero-order valence-corrected chi connectivity index (χ0v) is 18.7. The summed E-state index contributed by atoms with van der Waals surface area (Å²) in [5, 5.41) is 7.11. The van der Waals surface area contributed by atoms with Crippen LogP contribution in [0.1, 0.15) is 17.5 Å². The number of hydrogen-bond acceptors (Lipinski definition) is 4. The van der Waals surface area contributed by atoms with Crippen LogP contribution in [0.4, 0.5) is 5.69 Å². The maximum atomic E-state index is 12.0. The fraction of sp³-hybridized carbons (Fsp3) is 0.0870. The van der Waals surface area contributed by atoms with Crippen LogP contribution in [0.5, 0.6) is 5.75 Å². The third kappa shape index (κ3) is 7.55. The van der Waals surface area contributed by atoms with Gasteiger partial charge < -0.3 is 10.1 Å². The minimum absolute atomic E-state index is 0.359. The molecular weight excluding hydrogens is 482 g/mol. The van der Waals surface area contributed by atoms with E-state index in [4.69, 9.17) is 16.3 Å². The summed E-state index contributed by atoms with van der Waals surface area (Å²) in [5.74, 6) is -0.354. The van der Waals surface area contributed by atoms with E-state index in [1.165, 1.54) is 6.21 Å². The number of ether oxygens (including phenoxy) is 1. The molecule has 0 heterocycles. The predicted octanol–water partition coefficient (Wildman–Crippen LogP) is 5.16. The van der Waals surface area contributed by atoms with Crippen molar-refractivity contribution >= 4 is 51.2 Å². The third-order valence-corrected chi connectivity index (χ3v) is 4.85. The number of halogens is 2. The molecule has 3 aromatic rings. The lowest BCUT2D eigenvalue weighted by Gasteiger charge is -2.09. The van der Waals surface area contributed by atoms with Crippen molar-refractivity contribution in [2.75, 3.05) is 5.32 Å². The zero-order chi connectivity index (χ0) is 22.1. The molecule has 2 N–H and O–H groups in total. The summed E-state index contributed by atoms with van der Waals surface area (Å²) in [4.78, 5) is 23.9. The topological polar surface area (TPSA) is 79.8 Å². The van der Waals surface area contributed by atoms with E-state index < -0.39 is 11.8 Å². The molecule has 3 rings (SSSR count). The smallest absolute Gasteiger partial charge is 0.249 e. The van der Waals surface area contributed by atoms with E-state index in [1.807, 2.05) is 48.5 Å². The molecule has 6 nitrogen and oxygen atoms in total. The molecule has 3 aromatic carbocycles. The maximum Gasteiger partial charge on any atom is 0.249 e. The SMILES string of the molecule is O=C(CC(=O)Nc1ccc(Cl)cc1)NN=Cc1ccccc1OCc1ccc(Br)cc1. The Morgan fingerprint density at radius 3 is 2.42 bits per heavy atom. The Morgan fingerprint density at radius 1 is 0.968 bits per heavy atom. The molecule has 0 saturated carbocycles. The lowest BCUT2D eigenvalue weighted by molar-refractivity contribution is -0.126. The van der Waals surface area contributed by atoms with Crippen molar-refractivity contribution in [1.82, 2.24) is 5.43 Å². The first kappa shape index (κ1) is 22.5. The Labute approximate surface area is 193 Å². The second-order valence-corrected chi connectivity index (χ2v) is 7.83. The minimum atomic E-state index is -0.532. The molecule has 0 saturated heterocycles. The van der Waals surface area contributed by atoms with E-state index in [2.05, 4.69) is 31.8 Å². The van der Waals surface area contributed by atoms with Gasteiger partial charge in [-0.1, -0.05) is 51.8 Å². The summed E-state index contributed by atoms with van der Waals surface area (Å²) in [7, 11) is 0. The van der Waals surface area contributed by atoms with Gasteiger partial charge in [-0.2, -0.15) is 5.10 Å². The van der Waals surface area contributed by atoms with Gasteiger partial charge in [0.15, 0.2) is 0 Å². The molecule has 2 amide bonds. The van der Waals surface area contributed by atoms with Crippen molar-refractivity contribution in [1.29, 1.82) is 0 Å². The number of carbonyl (C=O) groups is 2. The second kappa shape index (κ2) is 11.3. The fourth-order valence-electron chi connectivity index (χ4n) is 2.56. The van der Waals surface area contributed by atoms with Crippen LogP contribution >= 0.6 is 27.5 Å². The summed E-state index contributed by atoms with van der Waals surface area (Å²) in [6.07, 6.45) is 1.12. The van der Waals surface area contributed by atoms with Crippen LogP contribution < -0.4 is 15.5 Å². The highest BCUT2D eigenvalue weighted by atomic mass is 79.9. The van der Waals surface area contributed by atoms with Gasteiger partial charge in [0.1, 0.15) is 18.8 Å². The number of carbonyl (C=O) groups excluding carboxylic acids is 2. The molecule has 0 spiro atoms. The van der Waals surface area contributed by atoms with Crippen molar-refractivity contribution < 1.29 is 14.3 Å². The van der Waals surface area contributed by atoms with Crippen LogP contribution in [-0.2, 0) is 16.2 Å². The Morgan fingerprint density at radius 2 is 1.68 bits per heavy atom. The highest BCUT2D eigenvalue weighted by Gasteiger charge is 2.09. The standard InChI is InChI=1S/C23H19BrClN3O3/c24-18-7-5-16(6-8-18)15-31-21-4-2-1-3-17(21)14-26-28-23(30)13-22(29)27-20-11-9-19(25)10-12-20/h1-12,14H,13,15H2,(H,27,29)(H,28,30). The van der Waals surface area contributed by atoms with E-state index >= 15 is 0 Å². The highest BCUT2D eigenvalue weighted by molar-refractivity contribution is 9.10. The van der Waals surface area contributed by atoms with Crippen molar-refractivity contribution in [3.63, 3.8) is 0 Å². The molecule has 0 radical (unpaired) electrons. The van der Waals surface area contributed by atoms with Gasteiger partial charge in [0.2, 0.25) is 11.8 Å². The largest absolute Gasteiger partial charge is 0.488 e. The van der Waals surface area contributed by atoms with Gasteiger partial charge in [0, 0.05) is 20.7 Å². The van der Waals surface area contributed by atoms with E-state index in [1.54, 1.807) is 24.3 Å². The predicted molar refractivity (Wildman–Crippen MR) is 125 cm³/mol. The number of anilines is 1. The molecule has 0 bridgehead atoms. The van der Waals surface area contributed by atoms with Crippen LogP contribution in [0, 0.1) is 0 Å². The Kier molecular flexibility index (Phi) is 8.20.